The van der Waals surface area contributed by atoms with Gasteiger partial charge in [-0.1, -0.05) is 0 Å². The predicted octanol–water partition coefficient (Wildman–Crippen LogP) is 4.35. The Balaban J connectivity index is 1.78. The lowest BCUT2D eigenvalue weighted by atomic mass is 10.0. The van der Waals surface area contributed by atoms with Gasteiger partial charge in [-0.25, -0.2) is 19.7 Å². The second-order valence-electron chi connectivity index (χ2n) is 5.29. The first-order valence-electron chi connectivity index (χ1n) is 7.06. The third kappa shape index (κ3) is 2.46. The molecule has 1 aromatic carbocycles. The number of rotatable bonds is 2. The average molecular weight is 342 g/mol. The maximum absolute atomic E-state index is 11.8. The van der Waals surface area contributed by atoms with Crippen LogP contribution in [0.4, 0.5) is 15.1 Å². The molecule has 0 radical (unpaired) electrons. The number of nitrogens with zero attached hydrogens (tertiary/aromatic N) is 3. The van der Waals surface area contributed by atoms with E-state index >= 15 is 0 Å². The molecule has 4 aromatic rings. The van der Waals surface area contributed by atoms with Crippen LogP contribution in [0.25, 0.3) is 27.0 Å². The van der Waals surface area contributed by atoms with Gasteiger partial charge in [0, 0.05) is 10.7 Å². The summed E-state index contributed by atoms with van der Waals surface area (Å²) in [5.74, 6) is 0.210. The molecule has 4 rings (SSSR count). The number of hydrogen-bond acceptors (Lipinski definition) is 5. The zero-order valence-corrected chi connectivity index (χ0v) is 13.3. The Kier molecular flexibility index (Phi) is 3.39. The molecule has 3 heterocycles. The van der Waals surface area contributed by atoms with E-state index in [1.807, 2.05) is 23.8 Å². The number of imidazole rings is 1. The zero-order chi connectivity index (χ0) is 16.7. The molecule has 0 saturated heterocycles. The first kappa shape index (κ1) is 14.6. The van der Waals surface area contributed by atoms with Crippen molar-refractivity contribution in [3.05, 3.63) is 47.7 Å². The molecule has 0 unspecified atom stereocenters. The van der Waals surface area contributed by atoms with Crippen molar-refractivity contribution in [1.29, 1.82) is 0 Å². The third-order valence-corrected chi connectivity index (χ3v) is 4.53. The second-order valence-corrected chi connectivity index (χ2v) is 6.17. The monoisotopic (exact) mass is 342 g/mol. The Bertz CT molecular complexity index is 1070. The van der Waals surface area contributed by atoms with Gasteiger partial charge in [0.05, 0.1) is 21.9 Å². The molecule has 8 heteroatoms. The van der Waals surface area contributed by atoms with Crippen LogP contribution in [0.3, 0.4) is 0 Å². The summed E-state index contributed by atoms with van der Waals surface area (Å²) in [6.07, 6.45) is 2.28. The summed E-state index contributed by atoms with van der Waals surface area (Å²) in [4.78, 5) is 22.5. The van der Waals surface area contributed by atoms with Gasteiger partial charge in [-0.2, -0.15) is 0 Å². The molecule has 24 heavy (non-hydrogen) atoms. The van der Waals surface area contributed by atoms with Crippen molar-refractivity contribution in [2.45, 2.75) is 6.92 Å². The fraction of sp³-hybridized carbons (Fsp3) is 0.0625. The van der Waals surface area contributed by atoms with E-state index in [2.05, 4.69) is 39.3 Å². The molecule has 0 fully saturated rings. The first-order valence-corrected chi connectivity index (χ1v) is 7.94. The van der Waals surface area contributed by atoms with E-state index in [0.29, 0.717) is 5.65 Å². The Morgan fingerprint density at radius 3 is 3.04 bits per heavy atom. The van der Waals surface area contributed by atoms with Crippen LogP contribution in [0.2, 0.25) is 0 Å². The number of hydrogen-bond donors (Lipinski definition) is 1. The molecule has 0 spiro atoms. The van der Waals surface area contributed by atoms with Crippen LogP contribution in [0.5, 0.6) is 0 Å². The molecular weight excluding hydrogens is 331 g/mol. The van der Waals surface area contributed by atoms with Crippen molar-refractivity contribution in [3.63, 3.8) is 0 Å². The second kappa shape index (κ2) is 5.57. The van der Waals surface area contributed by atoms with Gasteiger partial charge < -0.3 is 4.40 Å². The molecule has 3 aromatic heterocycles. The highest BCUT2D eigenvalue weighted by Gasteiger charge is 2.10. The minimum atomic E-state index is -1.21. The van der Waals surface area contributed by atoms with Gasteiger partial charge in [-0.3, -0.25) is 5.32 Å². The smallest absolute Gasteiger partial charge is 0.304 e. The number of aromatic nitrogens is 3. The van der Waals surface area contributed by atoms with Gasteiger partial charge in [-0.15, -0.1) is 11.3 Å². The topological polar surface area (TPSA) is 68.5 Å². The van der Waals surface area contributed by atoms with Gasteiger partial charge in [0.1, 0.15) is 5.65 Å². The van der Waals surface area contributed by atoms with E-state index in [1.54, 1.807) is 21.9 Å². The average Bonchev–Trinajstić information content (AvgIpc) is 3.18. The molecule has 1 N–H and O–H groups in total. The highest BCUT2D eigenvalue weighted by Crippen LogP contribution is 2.30. The van der Waals surface area contributed by atoms with E-state index in [0.717, 1.165) is 26.9 Å². The van der Waals surface area contributed by atoms with Gasteiger partial charge in [-0.05, 0) is 47.9 Å². The lowest BCUT2D eigenvalue weighted by molar-refractivity contribution is -0.0544. The number of amides is 1. The molecule has 1 amide bonds. The standard InChI is InChI=1S/C16H11FN4O2S/c1-9-4-13-12(18-8-24-13)5-11(9)10-2-3-15-19-14(7-21(15)6-10)20-16(22)23-17/h2-8H,1H3,(H,20,22). The minimum absolute atomic E-state index is 0.210. The number of aryl methyl sites for hydroxylation is 1. The highest BCUT2D eigenvalue weighted by molar-refractivity contribution is 7.16. The van der Waals surface area contributed by atoms with E-state index in [9.17, 15) is 9.32 Å². The van der Waals surface area contributed by atoms with Gasteiger partial charge in [0.15, 0.2) is 5.82 Å². The highest BCUT2D eigenvalue weighted by atomic mass is 32.1. The molecule has 0 saturated carbocycles. The molecule has 0 atom stereocenters. The minimum Gasteiger partial charge on any atom is -0.304 e. The van der Waals surface area contributed by atoms with Crippen LogP contribution in [-0.2, 0) is 4.94 Å². The number of thiazole rings is 1. The number of fused-ring (bicyclic) bond motifs is 2. The Morgan fingerprint density at radius 2 is 2.21 bits per heavy atom. The number of carbonyl (C=O) groups excluding carboxylic acids is 1. The van der Waals surface area contributed by atoms with Crippen LogP contribution in [0.15, 0.2) is 42.2 Å². The fourth-order valence-corrected chi connectivity index (χ4v) is 3.41. The van der Waals surface area contributed by atoms with Crippen molar-refractivity contribution in [1.82, 2.24) is 14.4 Å². The number of pyridine rings is 1. The predicted molar refractivity (Wildman–Crippen MR) is 89.8 cm³/mol. The summed E-state index contributed by atoms with van der Waals surface area (Å²) in [7, 11) is 0. The molecule has 0 aliphatic heterocycles. The van der Waals surface area contributed by atoms with Crippen LogP contribution < -0.4 is 5.32 Å². The normalized spacial score (nSPS) is 11.1. The van der Waals surface area contributed by atoms with Crippen molar-refractivity contribution in [2.24, 2.45) is 0 Å². The number of nitrogens with one attached hydrogen (secondary N) is 1. The maximum Gasteiger partial charge on any atom is 0.450 e. The number of halogens is 1. The molecule has 6 nitrogen and oxygen atoms in total. The molecule has 0 aliphatic carbocycles. The van der Waals surface area contributed by atoms with Crippen molar-refractivity contribution in [2.75, 3.05) is 5.32 Å². The summed E-state index contributed by atoms with van der Waals surface area (Å²) in [6, 6.07) is 7.94. The summed E-state index contributed by atoms with van der Waals surface area (Å²) in [5, 5.41) is 2.20. The van der Waals surface area contributed by atoms with Crippen LogP contribution >= 0.6 is 11.3 Å². The van der Waals surface area contributed by atoms with Gasteiger partial charge >= 0.3 is 6.09 Å². The number of carbonyl (C=O) groups is 1. The summed E-state index contributed by atoms with van der Waals surface area (Å²) in [6.45, 7) is 2.05. The van der Waals surface area contributed by atoms with E-state index in [1.165, 1.54) is 0 Å². The first-order chi connectivity index (χ1) is 11.6. The Morgan fingerprint density at radius 1 is 1.33 bits per heavy atom. The number of benzene rings is 1. The number of anilines is 1. The molecule has 0 bridgehead atoms. The molecule has 0 aliphatic rings. The van der Waals surface area contributed by atoms with E-state index in [-0.39, 0.29) is 5.82 Å². The van der Waals surface area contributed by atoms with Crippen molar-refractivity contribution >= 4 is 39.1 Å². The fourth-order valence-electron chi connectivity index (χ4n) is 2.65. The molecular formula is C16H11FN4O2S. The summed E-state index contributed by atoms with van der Waals surface area (Å²) >= 11 is 1.61. The van der Waals surface area contributed by atoms with E-state index in [4.69, 9.17) is 0 Å². The van der Waals surface area contributed by atoms with Crippen LogP contribution in [0, 0.1) is 6.92 Å². The van der Waals surface area contributed by atoms with Crippen LogP contribution in [0.1, 0.15) is 5.56 Å². The van der Waals surface area contributed by atoms with Gasteiger partial charge in [0.2, 0.25) is 0 Å². The lowest BCUT2D eigenvalue weighted by Crippen LogP contribution is -2.09. The summed E-state index contributed by atoms with van der Waals surface area (Å²) in [5.41, 5.74) is 6.62. The quantitative estimate of drug-likeness (QED) is 0.588. The maximum atomic E-state index is 11.8. The zero-order valence-electron chi connectivity index (χ0n) is 12.5. The van der Waals surface area contributed by atoms with Crippen LogP contribution in [-0.4, -0.2) is 20.5 Å². The Hall–Kier alpha value is -3.00. The largest absolute Gasteiger partial charge is 0.450 e. The third-order valence-electron chi connectivity index (χ3n) is 3.74. The SMILES string of the molecule is Cc1cc2scnc2cc1-c1ccc2nc(NC(=O)OF)cn2c1. The van der Waals surface area contributed by atoms with Crippen molar-refractivity contribution in [3.8, 4) is 11.1 Å². The summed E-state index contributed by atoms with van der Waals surface area (Å²) < 4.78 is 14.7. The van der Waals surface area contributed by atoms with Crippen molar-refractivity contribution < 1.29 is 14.3 Å². The lowest BCUT2D eigenvalue weighted by Gasteiger charge is -2.07. The van der Waals surface area contributed by atoms with Gasteiger partial charge in [0.25, 0.3) is 0 Å². The molecule has 120 valence electrons. The van der Waals surface area contributed by atoms with E-state index < -0.39 is 6.09 Å². The Labute approximate surface area is 139 Å².